The molecule has 1 atom stereocenters. The van der Waals surface area contributed by atoms with Crippen molar-refractivity contribution in [2.75, 3.05) is 35.0 Å². The molecule has 3 aromatic carbocycles. The topological polar surface area (TPSA) is 94.5 Å². The molecule has 3 aromatic rings. The van der Waals surface area contributed by atoms with E-state index in [1.807, 2.05) is 18.2 Å². The lowest BCUT2D eigenvalue weighted by molar-refractivity contribution is -0.139. The maximum absolute atomic E-state index is 13.3. The molecule has 1 N–H and O–H groups in total. The highest BCUT2D eigenvalue weighted by atomic mass is 16.5. The number of benzene rings is 3. The van der Waals surface area contributed by atoms with Crippen molar-refractivity contribution >= 4 is 17.4 Å². The molecule has 8 nitrogen and oxygen atoms in total. The van der Waals surface area contributed by atoms with E-state index >= 15 is 0 Å². The summed E-state index contributed by atoms with van der Waals surface area (Å²) >= 11 is 0. The van der Waals surface area contributed by atoms with Gasteiger partial charge in [0.25, 0.3) is 11.7 Å². The van der Waals surface area contributed by atoms with Crippen LogP contribution in [0.2, 0.25) is 0 Å². The summed E-state index contributed by atoms with van der Waals surface area (Å²) in [5.41, 5.74) is 1.98. The fraction of sp³-hybridized carbons (Fsp3) is 0.241. The summed E-state index contributed by atoms with van der Waals surface area (Å²) in [6.45, 7) is 0.227. The van der Waals surface area contributed by atoms with Crippen molar-refractivity contribution in [3.05, 3.63) is 89.0 Å². The van der Waals surface area contributed by atoms with Gasteiger partial charge in [-0.05, 0) is 41.8 Å². The van der Waals surface area contributed by atoms with Gasteiger partial charge in [0, 0.05) is 12.1 Å². The van der Waals surface area contributed by atoms with Crippen molar-refractivity contribution in [2.24, 2.45) is 0 Å². The zero-order valence-electron chi connectivity index (χ0n) is 21.2. The summed E-state index contributed by atoms with van der Waals surface area (Å²) in [5.74, 6) is 0.475. The maximum Gasteiger partial charge on any atom is 0.295 e. The number of aliphatic hydroxyl groups excluding tert-OH is 1. The van der Waals surface area contributed by atoms with Crippen LogP contribution >= 0.6 is 0 Å². The van der Waals surface area contributed by atoms with E-state index in [2.05, 4.69) is 0 Å². The minimum atomic E-state index is -0.819. The van der Waals surface area contributed by atoms with Gasteiger partial charge in [-0.2, -0.15) is 0 Å². The number of aliphatic hydroxyl groups is 1. The molecular weight excluding hydrogens is 474 g/mol. The SMILES string of the molecule is COc1ccc(CCN2C(=O)C(=O)C(=C(O)c3ccccc3)C2c2ccc(OC)c(OC)c2)cc1OC. The number of ether oxygens (including phenoxy) is 4. The highest BCUT2D eigenvalue weighted by Crippen LogP contribution is 2.42. The first-order valence-corrected chi connectivity index (χ1v) is 11.7. The number of carbonyl (C=O) groups is 2. The van der Waals surface area contributed by atoms with Crippen LogP contribution in [0, 0.1) is 0 Å². The third-order valence-corrected chi connectivity index (χ3v) is 6.40. The van der Waals surface area contributed by atoms with Crippen LogP contribution in [-0.4, -0.2) is 56.7 Å². The largest absolute Gasteiger partial charge is 0.507 e. The molecule has 1 heterocycles. The first-order valence-electron chi connectivity index (χ1n) is 11.7. The van der Waals surface area contributed by atoms with E-state index < -0.39 is 17.7 Å². The molecule has 1 unspecified atom stereocenters. The second-order valence-electron chi connectivity index (χ2n) is 8.41. The number of carbonyl (C=O) groups excluding carboxylic acids is 2. The number of likely N-dealkylation sites (tertiary alicyclic amines) is 1. The highest BCUT2D eigenvalue weighted by molar-refractivity contribution is 6.46. The molecule has 1 amide bonds. The number of amides is 1. The van der Waals surface area contributed by atoms with Gasteiger partial charge < -0.3 is 29.0 Å². The number of methoxy groups -OCH3 is 4. The number of hydrogen-bond acceptors (Lipinski definition) is 7. The minimum absolute atomic E-state index is 0.0238. The number of ketones is 1. The summed E-state index contributed by atoms with van der Waals surface area (Å²) in [6, 6.07) is 18.6. The van der Waals surface area contributed by atoms with Gasteiger partial charge in [-0.3, -0.25) is 9.59 Å². The van der Waals surface area contributed by atoms with Crippen molar-refractivity contribution in [1.29, 1.82) is 0 Å². The molecule has 0 saturated carbocycles. The Bertz CT molecular complexity index is 1330. The Morgan fingerprint density at radius 2 is 1.38 bits per heavy atom. The summed E-state index contributed by atoms with van der Waals surface area (Å²) < 4.78 is 21.5. The fourth-order valence-electron chi connectivity index (χ4n) is 4.52. The predicted molar refractivity (Wildman–Crippen MR) is 138 cm³/mol. The van der Waals surface area contributed by atoms with Gasteiger partial charge in [-0.25, -0.2) is 0 Å². The summed E-state index contributed by atoms with van der Waals surface area (Å²) in [4.78, 5) is 28.1. The monoisotopic (exact) mass is 503 g/mol. The molecule has 8 heteroatoms. The Balaban J connectivity index is 1.78. The first kappa shape index (κ1) is 25.6. The van der Waals surface area contributed by atoms with Gasteiger partial charge in [-0.15, -0.1) is 0 Å². The number of Topliss-reactive ketones (excluding diaryl/α,β-unsaturated/α-hetero) is 1. The zero-order valence-corrected chi connectivity index (χ0v) is 21.2. The van der Waals surface area contributed by atoms with E-state index in [0.29, 0.717) is 40.5 Å². The van der Waals surface area contributed by atoms with Crippen molar-refractivity contribution in [2.45, 2.75) is 12.5 Å². The molecule has 1 aliphatic heterocycles. The zero-order chi connectivity index (χ0) is 26.5. The Kier molecular flexibility index (Phi) is 7.67. The molecule has 1 saturated heterocycles. The van der Waals surface area contributed by atoms with Gasteiger partial charge >= 0.3 is 0 Å². The summed E-state index contributed by atoms with van der Waals surface area (Å²) in [6.07, 6.45) is 0.447. The molecule has 0 radical (unpaired) electrons. The summed E-state index contributed by atoms with van der Waals surface area (Å²) in [5, 5.41) is 11.2. The third kappa shape index (κ3) is 4.95. The lowest BCUT2D eigenvalue weighted by Crippen LogP contribution is -2.31. The van der Waals surface area contributed by atoms with Crippen LogP contribution < -0.4 is 18.9 Å². The van der Waals surface area contributed by atoms with Gasteiger partial charge in [0.1, 0.15) is 5.76 Å². The Morgan fingerprint density at radius 1 is 0.784 bits per heavy atom. The van der Waals surface area contributed by atoms with Crippen LogP contribution in [0.25, 0.3) is 5.76 Å². The van der Waals surface area contributed by atoms with E-state index in [1.54, 1.807) is 62.8 Å². The average molecular weight is 504 g/mol. The number of nitrogens with zero attached hydrogens (tertiary/aromatic N) is 1. The molecule has 4 rings (SSSR count). The molecule has 37 heavy (non-hydrogen) atoms. The normalized spacial score (nSPS) is 16.5. The average Bonchev–Trinajstić information content (AvgIpc) is 3.20. The van der Waals surface area contributed by atoms with E-state index in [9.17, 15) is 14.7 Å². The molecule has 1 fully saturated rings. The smallest absolute Gasteiger partial charge is 0.295 e. The molecule has 0 aromatic heterocycles. The summed E-state index contributed by atoms with van der Waals surface area (Å²) in [7, 11) is 6.16. The molecule has 0 aliphatic carbocycles. The van der Waals surface area contributed by atoms with Crippen LogP contribution in [-0.2, 0) is 16.0 Å². The molecule has 0 spiro atoms. The number of rotatable bonds is 9. The Morgan fingerprint density at radius 3 is 2.00 bits per heavy atom. The van der Waals surface area contributed by atoms with Crippen molar-refractivity contribution in [3.63, 3.8) is 0 Å². The molecule has 192 valence electrons. The van der Waals surface area contributed by atoms with Crippen LogP contribution in [0.5, 0.6) is 23.0 Å². The van der Waals surface area contributed by atoms with Crippen molar-refractivity contribution in [3.8, 4) is 23.0 Å². The van der Waals surface area contributed by atoms with Crippen LogP contribution in [0.4, 0.5) is 0 Å². The predicted octanol–water partition coefficient (Wildman–Crippen LogP) is 4.39. The second-order valence-corrected chi connectivity index (χ2v) is 8.41. The van der Waals surface area contributed by atoms with Crippen molar-refractivity contribution in [1.82, 2.24) is 4.90 Å². The standard InChI is InChI=1S/C29H29NO7/c1-34-21-12-10-18(16-23(21)36-3)14-15-30-26(20-11-13-22(35-2)24(17-20)37-4)25(28(32)29(30)33)27(31)19-8-6-5-7-9-19/h5-13,16-17,26,31H,14-15H2,1-4H3. The quantitative estimate of drug-likeness (QED) is 0.263. The van der Waals surface area contributed by atoms with Gasteiger partial charge in [0.2, 0.25) is 0 Å². The lowest BCUT2D eigenvalue weighted by Gasteiger charge is -2.26. The molecule has 0 bridgehead atoms. The molecular formula is C29H29NO7. The van der Waals surface area contributed by atoms with Crippen LogP contribution in [0.15, 0.2) is 72.3 Å². The van der Waals surface area contributed by atoms with E-state index in [-0.39, 0.29) is 17.9 Å². The number of hydrogen-bond donors (Lipinski definition) is 1. The van der Waals surface area contributed by atoms with Crippen LogP contribution in [0.3, 0.4) is 0 Å². The highest BCUT2D eigenvalue weighted by Gasteiger charge is 2.46. The van der Waals surface area contributed by atoms with Gasteiger partial charge in [0.15, 0.2) is 23.0 Å². The van der Waals surface area contributed by atoms with Gasteiger partial charge in [0.05, 0.1) is 40.1 Å². The Labute approximate surface area is 215 Å². The van der Waals surface area contributed by atoms with Gasteiger partial charge in [-0.1, -0.05) is 42.5 Å². The maximum atomic E-state index is 13.3. The lowest BCUT2D eigenvalue weighted by atomic mass is 9.95. The second kappa shape index (κ2) is 11.1. The van der Waals surface area contributed by atoms with Crippen LogP contribution in [0.1, 0.15) is 22.7 Å². The minimum Gasteiger partial charge on any atom is -0.507 e. The van der Waals surface area contributed by atoms with E-state index in [0.717, 1.165) is 5.56 Å². The fourth-order valence-corrected chi connectivity index (χ4v) is 4.52. The first-order chi connectivity index (χ1) is 17.9. The van der Waals surface area contributed by atoms with E-state index in [1.165, 1.54) is 19.1 Å². The van der Waals surface area contributed by atoms with Crippen molar-refractivity contribution < 1.29 is 33.6 Å². The molecule has 1 aliphatic rings. The Hall–Kier alpha value is -4.46. The van der Waals surface area contributed by atoms with E-state index in [4.69, 9.17) is 18.9 Å². The third-order valence-electron chi connectivity index (χ3n) is 6.40.